The third-order valence-electron chi connectivity index (χ3n) is 5.23. The first kappa shape index (κ1) is 16.4. The maximum Gasteiger partial charge on any atom is 0.332 e. The van der Waals surface area contributed by atoms with Crippen molar-refractivity contribution in [3.05, 3.63) is 74.1 Å². The number of fused-ring (bicyclic) bond motifs is 4. The van der Waals surface area contributed by atoms with Gasteiger partial charge in [-0.2, -0.15) is 0 Å². The summed E-state index contributed by atoms with van der Waals surface area (Å²) in [5, 5.41) is 0.193. The molecule has 7 heteroatoms. The normalized spacial score (nSPS) is 12.5. The summed E-state index contributed by atoms with van der Waals surface area (Å²) in [5.74, 6) is 0.844. The second kappa shape index (κ2) is 5.39. The van der Waals surface area contributed by atoms with Gasteiger partial charge in [0.15, 0.2) is 11.4 Å². The molecule has 4 aromatic rings. The van der Waals surface area contributed by atoms with E-state index in [1.165, 1.54) is 11.6 Å². The molecule has 0 atom stereocenters. The molecule has 0 unspecified atom stereocenters. The molecule has 0 saturated carbocycles. The van der Waals surface area contributed by atoms with Crippen LogP contribution in [0.2, 0.25) is 0 Å². The van der Waals surface area contributed by atoms with Crippen molar-refractivity contribution in [1.29, 1.82) is 0 Å². The summed E-state index contributed by atoms with van der Waals surface area (Å²) in [4.78, 5) is 43.3. The maximum atomic E-state index is 13.2. The zero-order chi connectivity index (χ0) is 19.7. The Kier molecular flexibility index (Phi) is 3.16. The molecule has 7 nitrogen and oxygen atoms in total. The number of hydrogen-bond acceptors (Lipinski definition) is 5. The SMILES string of the molecule is Cc1ccc(-c2c3c(nc4c2c(=O)n(C)c(=O)n4C)-c2ccccc2C3=O)o1. The number of furan rings is 1. The monoisotopic (exact) mass is 373 g/mol. The minimum atomic E-state index is -0.513. The molecule has 0 radical (unpaired) electrons. The topological polar surface area (TPSA) is 87.1 Å². The van der Waals surface area contributed by atoms with Crippen LogP contribution in [-0.4, -0.2) is 19.9 Å². The van der Waals surface area contributed by atoms with Gasteiger partial charge in [0.1, 0.15) is 11.5 Å². The van der Waals surface area contributed by atoms with Crippen molar-refractivity contribution in [2.24, 2.45) is 14.1 Å². The highest BCUT2D eigenvalue weighted by Gasteiger charge is 2.34. The Balaban J connectivity index is 2.09. The second-order valence-electron chi connectivity index (χ2n) is 6.90. The Hall–Kier alpha value is -3.74. The number of benzene rings is 1. The van der Waals surface area contributed by atoms with Gasteiger partial charge in [0.05, 0.1) is 16.6 Å². The average molecular weight is 373 g/mol. The molecule has 138 valence electrons. The number of aryl methyl sites for hydroxylation is 2. The number of aromatic nitrogens is 3. The predicted octanol–water partition coefficient (Wildman–Crippen LogP) is 2.41. The van der Waals surface area contributed by atoms with E-state index in [9.17, 15) is 14.4 Å². The van der Waals surface area contributed by atoms with E-state index in [0.29, 0.717) is 39.5 Å². The largest absolute Gasteiger partial charge is 0.461 e. The summed E-state index contributed by atoms with van der Waals surface area (Å²) in [5.41, 5.74) is 1.60. The number of carbonyl (C=O) groups is 1. The van der Waals surface area contributed by atoms with Gasteiger partial charge in [-0.3, -0.25) is 18.7 Å². The molecular weight excluding hydrogens is 358 g/mol. The number of nitrogens with zero attached hydrogens (tertiary/aromatic N) is 3. The maximum absolute atomic E-state index is 13.2. The van der Waals surface area contributed by atoms with E-state index in [2.05, 4.69) is 4.98 Å². The number of hydrogen-bond donors (Lipinski definition) is 0. The minimum absolute atomic E-state index is 0.193. The van der Waals surface area contributed by atoms with Crippen molar-refractivity contribution in [3.8, 4) is 22.6 Å². The van der Waals surface area contributed by atoms with Crippen molar-refractivity contribution < 1.29 is 9.21 Å². The summed E-state index contributed by atoms with van der Waals surface area (Å²) < 4.78 is 8.14. The first-order valence-corrected chi connectivity index (χ1v) is 8.74. The van der Waals surface area contributed by atoms with Crippen LogP contribution in [0.25, 0.3) is 33.6 Å². The first-order valence-electron chi connectivity index (χ1n) is 8.74. The minimum Gasteiger partial charge on any atom is -0.461 e. The molecule has 1 aromatic carbocycles. The molecule has 28 heavy (non-hydrogen) atoms. The molecule has 5 rings (SSSR count). The molecule has 0 aliphatic heterocycles. The average Bonchev–Trinajstić information content (AvgIpc) is 3.25. The zero-order valence-electron chi connectivity index (χ0n) is 15.4. The number of carbonyl (C=O) groups excluding carboxylic acids is 1. The second-order valence-corrected chi connectivity index (χ2v) is 6.90. The summed E-state index contributed by atoms with van der Waals surface area (Å²) in [6.07, 6.45) is 0. The lowest BCUT2D eigenvalue weighted by Gasteiger charge is -2.13. The zero-order valence-corrected chi connectivity index (χ0v) is 15.4. The van der Waals surface area contributed by atoms with E-state index in [1.54, 1.807) is 38.2 Å². The predicted molar refractivity (Wildman–Crippen MR) is 104 cm³/mol. The molecule has 0 bridgehead atoms. The summed E-state index contributed by atoms with van der Waals surface area (Å²) >= 11 is 0. The van der Waals surface area contributed by atoms with E-state index in [0.717, 1.165) is 4.57 Å². The van der Waals surface area contributed by atoms with Crippen LogP contribution in [0.15, 0.2) is 50.4 Å². The highest BCUT2D eigenvalue weighted by Crippen LogP contribution is 2.43. The van der Waals surface area contributed by atoms with E-state index in [1.807, 2.05) is 12.1 Å². The van der Waals surface area contributed by atoms with Gasteiger partial charge in [-0.15, -0.1) is 0 Å². The Morgan fingerprint density at radius 1 is 0.893 bits per heavy atom. The summed E-state index contributed by atoms with van der Waals surface area (Å²) in [7, 11) is 2.97. The first-order chi connectivity index (χ1) is 13.4. The molecule has 1 aliphatic rings. The van der Waals surface area contributed by atoms with Gasteiger partial charge >= 0.3 is 5.69 Å². The highest BCUT2D eigenvalue weighted by atomic mass is 16.3. The molecule has 3 heterocycles. The van der Waals surface area contributed by atoms with Crippen LogP contribution in [0.4, 0.5) is 0 Å². The third-order valence-corrected chi connectivity index (χ3v) is 5.23. The van der Waals surface area contributed by atoms with Crippen molar-refractivity contribution >= 4 is 16.8 Å². The Morgan fingerprint density at radius 2 is 1.61 bits per heavy atom. The lowest BCUT2D eigenvalue weighted by atomic mass is 9.99. The number of ketones is 1. The summed E-state index contributed by atoms with van der Waals surface area (Å²) in [6.45, 7) is 1.79. The highest BCUT2D eigenvalue weighted by molar-refractivity contribution is 6.26. The molecule has 0 spiro atoms. The fraction of sp³-hybridized carbons (Fsp3) is 0.143. The van der Waals surface area contributed by atoms with Crippen LogP contribution in [0.5, 0.6) is 0 Å². The lowest BCUT2D eigenvalue weighted by Crippen LogP contribution is -2.37. The Bertz CT molecular complexity index is 1450. The van der Waals surface area contributed by atoms with Crippen molar-refractivity contribution in [1.82, 2.24) is 14.1 Å². The van der Waals surface area contributed by atoms with Gasteiger partial charge in [-0.25, -0.2) is 9.78 Å². The quantitative estimate of drug-likeness (QED) is 0.450. The van der Waals surface area contributed by atoms with Crippen LogP contribution in [-0.2, 0) is 14.1 Å². The van der Waals surface area contributed by atoms with E-state index < -0.39 is 11.2 Å². The van der Waals surface area contributed by atoms with Crippen LogP contribution < -0.4 is 11.2 Å². The van der Waals surface area contributed by atoms with Crippen LogP contribution in [0.1, 0.15) is 21.7 Å². The molecule has 0 amide bonds. The molecule has 1 aliphatic carbocycles. The Labute approximate surface area is 158 Å². The molecular formula is C21H15N3O4. The van der Waals surface area contributed by atoms with Gasteiger partial charge in [0.2, 0.25) is 0 Å². The van der Waals surface area contributed by atoms with E-state index >= 15 is 0 Å². The van der Waals surface area contributed by atoms with Crippen LogP contribution in [0, 0.1) is 6.92 Å². The van der Waals surface area contributed by atoms with Crippen LogP contribution in [0.3, 0.4) is 0 Å². The fourth-order valence-electron chi connectivity index (χ4n) is 3.84. The fourth-order valence-corrected chi connectivity index (χ4v) is 3.84. The van der Waals surface area contributed by atoms with Gasteiger partial charge in [-0.05, 0) is 19.1 Å². The van der Waals surface area contributed by atoms with Crippen molar-refractivity contribution in [2.75, 3.05) is 0 Å². The van der Waals surface area contributed by atoms with Gasteiger partial charge in [0, 0.05) is 30.8 Å². The molecule has 0 N–H and O–H groups in total. The van der Waals surface area contributed by atoms with Crippen LogP contribution >= 0.6 is 0 Å². The van der Waals surface area contributed by atoms with E-state index in [4.69, 9.17) is 4.42 Å². The lowest BCUT2D eigenvalue weighted by molar-refractivity contribution is 0.104. The third kappa shape index (κ3) is 1.93. The van der Waals surface area contributed by atoms with Crippen molar-refractivity contribution in [3.63, 3.8) is 0 Å². The van der Waals surface area contributed by atoms with Gasteiger partial charge in [-0.1, -0.05) is 24.3 Å². The molecule has 0 saturated heterocycles. The molecule has 3 aromatic heterocycles. The number of pyridine rings is 1. The van der Waals surface area contributed by atoms with Crippen molar-refractivity contribution in [2.45, 2.75) is 6.92 Å². The standard InChI is InChI=1S/C21H15N3O4/c1-10-8-9-13(28-10)14-15-17(11-6-4-5-7-12(11)18(15)25)22-19-16(14)20(26)24(3)21(27)23(19)2/h4-9H,1-3H3. The smallest absolute Gasteiger partial charge is 0.332 e. The van der Waals surface area contributed by atoms with Gasteiger partial charge < -0.3 is 4.42 Å². The molecule has 0 fully saturated rings. The number of rotatable bonds is 1. The summed E-state index contributed by atoms with van der Waals surface area (Å²) in [6, 6.07) is 10.7. The van der Waals surface area contributed by atoms with E-state index in [-0.39, 0.29) is 16.8 Å². The van der Waals surface area contributed by atoms with Gasteiger partial charge in [0.25, 0.3) is 5.56 Å². The Morgan fingerprint density at radius 3 is 2.29 bits per heavy atom.